The molecule has 0 aliphatic carbocycles. The molecule has 3 aromatic rings. The third kappa shape index (κ3) is 3.62. The van der Waals surface area contributed by atoms with Crippen molar-refractivity contribution in [2.24, 2.45) is 0 Å². The van der Waals surface area contributed by atoms with Crippen molar-refractivity contribution in [1.29, 1.82) is 0 Å². The Kier molecular flexibility index (Phi) is 3.94. The van der Waals surface area contributed by atoms with Crippen molar-refractivity contribution in [1.82, 2.24) is 14.6 Å². The molecule has 2 aromatic heterocycles. The Labute approximate surface area is 138 Å². The fourth-order valence-corrected chi connectivity index (χ4v) is 2.73. The number of hydrogen-bond acceptors (Lipinski definition) is 4. The maximum absolute atomic E-state index is 11.4. The van der Waals surface area contributed by atoms with Crippen LogP contribution in [0, 0.1) is 11.8 Å². The SMILES string of the molecule is CS(=O)(=O)Nc1ccccc1C#Cc1cccn2nc(Cl)nc12. The number of benzene rings is 1. The summed E-state index contributed by atoms with van der Waals surface area (Å²) < 4.78 is 26.8. The molecule has 0 aliphatic heterocycles. The molecule has 6 nitrogen and oxygen atoms in total. The van der Waals surface area contributed by atoms with Crippen molar-refractivity contribution >= 4 is 33.0 Å². The average Bonchev–Trinajstić information content (AvgIpc) is 2.85. The first-order chi connectivity index (χ1) is 10.9. The second-order valence-electron chi connectivity index (χ2n) is 4.74. The van der Waals surface area contributed by atoms with Gasteiger partial charge in [0, 0.05) is 11.8 Å². The van der Waals surface area contributed by atoms with Gasteiger partial charge in [0.05, 0.1) is 17.5 Å². The standard InChI is InChI=1S/C15H11ClN4O2S/c1-23(21,22)19-13-7-3-2-5-11(13)8-9-12-6-4-10-20-14(12)17-15(16)18-20/h2-7,10,19H,1H3. The molecule has 0 bridgehead atoms. The number of aromatic nitrogens is 3. The summed E-state index contributed by atoms with van der Waals surface area (Å²) in [6, 6.07) is 10.5. The number of pyridine rings is 1. The number of fused-ring (bicyclic) bond motifs is 1. The molecule has 23 heavy (non-hydrogen) atoms. The van der Waals surface area contributed by atoms with Crippen molar-refractivity contribution in [2.75, 3.05) is 11.0 Å². The highest BCUT2D eigenvalue weighted by Crippen LogP contribution is 2.16. The summed E-state index contributed by atoms with van der Waals surface area (Å²) in [4.78, 5) is 4.11. The highest BCUT2D eigenvalue weighted by atomic mass is 35.5. The molecular weight excluding hydrogens is 336 g/mol. The molecular formula is C15H11ClN4O2S. The molecule has 0 saturated carbocycles. The minimum atomic E-state index is -3.38. The second kappa shape index (κ2) is 5.91. The third-order valence-corrected chi connectivity index (χ3v) is 3.64. The molecule has 1 N–H and O–H groups in total. The lowest BCUT2D eigenvalue weighted by Crippen LogP contribution is -2.10. The topological polar surface area (TPSA) is 76.4 Å². The summed E-state index contributed by atoms with van der Waals surface area (Å²) in [5, 5.41) is 4.14. The Morgan fingerprint density at radius 3 is 2.61 bits per heavy atom. The van der Waals surface area contributed by atoms with Crippen molar-refractivity contribution in [3.05, 3.63) is 59.0 Å². The molecule has 0 saturated heterocycles. The summed E-state index contributed by atoms with van der Waals surface area (Å²) in [6.45, 7) is 0. The predicted octanol–water partition coefficient (Wildman–Crippen LogP) is 2.15. The highest BCUT2D eigenvalue weighted by Gasteiger charge is 2.06. The Morgan fingerprint density at radius 2 is 1.83 bits per heavy atom. The van der Waals surface area contributed by atoms with Crippen LogP contribution in [0.1, 0.15) is 11.1 Å². The van der Waals surface area contributed by atoms with Crippen LogP contribution in [-0.2, 0) is 10.0 Å². The monoisotopic (exact) mass is 346 g/mol. The Bertz CT molecular complexity index is 1050. The van der Waals surface area contributed by atoms with Gasteiger partial charge in [-0.15, -0.1) is 5.10 Å². The van der Waals surface area contributed by atoms with E-state index in [1.54, 1.807) is 42.6 Å². The molecule has 2 heterocycles. The zero-order valence-corrected chi connectivity index (χ0v) is 13.6. The summed E-state index contributed by atoms with van der Waals surface area (Å²) in [5.74, 6) is 5.93. The maximum atomic E-state index is 11.4. The molecule has 0 aliphatic rings. The van der Waals surface area contributed by atoms with E-state index in [0.717, 1.165) is 6.26 Å². The van der Waals surface area contributed by atoms with E-state index in [1.807, 2.05) is 0 Å². The van der Waals surface area contributed by atoms with Gasteiger partial charge in [0.25, 0.3) is 0 Å². The van der Waals surface area contributed by atoms with Crippen LogP contribution in [0.4, 0.5) is 5.69 Å². The van der Waals surface area contributed by atoms with Gasteiger partial charge in [-0.25, -0.2) is 12.9 Å². The van der Waals surface area contributed by atoms with Gasteiger partial charge in [-0.05, 0) is 35.9 Å². The van der Waals surface area contributed by atoms with Gasteiger partial charge in [-0.1, -0.05) is 24.0 Å². The zero-order valence-electron chi connectivity index (χ0n) is 12.0. The van der Waals surface area contributed by atoms with Crippen LogP contribution < -0.4 is 4.72 Å². The normalized spacial score (nSPS) is 11.0. The first kappa shape index (κ1) is 15.3. The summed E-state index contributed by atoms with van der Waals surface area (Å²) in [7, 11) is -3.38. The van der Waals surface area contributed by atoms with Crippen molar-refractivity contribution < 1.29 is 8.42 Å². The quantitative estimate of drug-likeness (QED) is 0.721. The summed E-state index contributed by atoms with van der Waals surface area (Å²) in [6.07, 6.45) is 2.81. The fourth-order valence-electron chi connectivity index (χ4n) is 1.99. The minimum absolute atomic E-state index is 0.137. The van der Waals surface area contributed by atoms with E-state index < -0.39 is 10.0 Å². The number of sulfonamides is 1. The third-order valence-electron chi connectivity index (χ3n) is 2.89. The first-order valence-corrected chi connectivity index (χ1v) is 8.79. The van der Waals surface area contributed by atoms with E-state index in [0.29, 0.717) is 22.5 Å². The van der Waals surface area contributed by atoms with E-state index in [9.17, 15) is 8.42 Å². The van der Waals surface area contributed by atoms with Gasteiger partial charge in [0.1, 0.15) is 0 Å². The number of hydrogen-bond donors (Lipinski definition) is 1. The van der Waals surface area contributed by atoms with Gasteiger partial charge < -0.3 is 0 Å². The van der Waals surface area contributed by atoms with Crippen LogP contribution in [0.5, 0.6) is 0 Å². The lowest BCUT2D eigenvalue weighted by molar-refractivity contribution is 0.607. The molecule has 0 amide bonds. The van der Waals surface area contributed by atoms with Gasteiger partial charge >= 0.3 is 0 Å². The highest BCUT2D eigenvalue weighted by molar-refractivity contribution is 7.92. The van der Waals surface area contributed by atoms with E-state index in [2.05, 4.69) is 26.6 Å². The van der Waals surface area contributed by atoms with Crippen molar-refractivity contribution in [3.8, 4) is 11.8 Å². The molecule has 0 radical (unpaired) electrons. The lowest BCUT2D eigenvalue weighted by Gasteiger charge is -2.05. The molecule has 8 heteroatoms. The largest absolute Gasteiger partial charge is 0.283 e. The number of nitrogens with zero attached hydrogens (tertiary/aromatic N) is 3. The average molecular weight is 347 g/mol. The molecule has 0 atom stereocenters. The number of nitrogens with one attached hydrogen (secondary N) is 1. The van der Waals surface area contributed by atoms with Crippen LogP contribution in [0.15, 0.2) is 42.6 Å². The van der Waals surface area contributed by atoms with Gasteiger partial charge in [0.15, 0.2) is 5.65 Å². The predicted molar refractivity (Wildman–Crippen MR) is 88.9 cm³/mol. The number of anilines is 1. The van der Waals surface area contributed by atoms with Crippen LogP contribution >= 0.6 is 11.6 Å². The van der Waals surface area contributed by atoms with E-state index in [-0.39, 0.29) is 5.28 Å². The van der Waals surface area contributed by atoms with Gasteiger partial charge in [-0.3, -0.25) is 4.72 Å². The molecule has 1 aromatic carbocycles. The fraction of sp³-hybridized carbons (Fsp3) is 0.0667. The Hall–Kier alpha value is -2.56. The lowest BCUT2D eigenvalue weighted by atomic mass is 10.1. The van der Waals surface area contributed by atoms with Crippen molar-refractivity contribution in [3.63, 3.8) is 0 Å². The Morgan fingerprint density at radius 1 is 1.13 bits per heavy atom. The minimum Gasteiger partial charge on any atom is -0.283 e. The van der Waals surface area contributed by atoms with E-state index >= 15 is 0 Å². The molecule has 0 spiro atoms. The van der Waals surface area contributed by atoms with Gasteiger partial charge in [-0.2, -0.15) is 4.98 Å². The second-order valence-corrected chi connectivity index (χ2v) is 6.83. The molecule has 0 fully saturated rings. The van der Waals surface area contributed by atoms with Crippen LogP contribution in [-0.4, -0.2) is 29.3 Å². The van der Waals surface area contributed by atoms with Crippen LogP contribution in [0.2, 0.25) is 5.28 Å². The van der Waals surface area contributed by atoms with E-state index in [1.165, 1.54) is 4.52 Å². The maximum Gasteiger partial charge on any atom is 0.243 e. The van der Waals surface area contributed by atoms with Crippen molar-refractivity contribution in [2.45, 2.75) is 0 Å². The molecule has 0 unspecified atom stereocenters. The smallest absolute Gasteiger partial charge is 0.243 e. The summed E-state index contributed by atoms with van der Waals surface area (Å²) >= 11 is 5.80. The number of para-hydroxylation sites is 1. The Balaban J connectivity index is 2.05. The van der Waals surface area contributed by atoms with Crippen LogP contribution in [0.3, 0.4) is 0 Å². The number of halogens is 1. The molecule has 116 valence electrons. The first-order valence-electron chi connectivity index (χ1n) is 6.52. The van der Waals surface area contributed by atoms with Gasteiger partial charge in [0.2, 0.25) is 15.3 Å². The summed E-state index contributed by atoms with van der Waals surface area (Å²) in [5.41, 5.74) is 2.17. The van der Waals surface area contributed by atoms with E-state index in [4.69, 9.17) is 11.6 Å². The zero-order chi connectivity index (χ0) is 16.4. The number of rotatable bonds is 2. The van der Waals surface area contributed by atoms with Crippen LogP contribution in [0.25, 0.3) is 5.65 Å². The molecule has 3 rings (SSSR count).